The van der Waals surface area contributed by atoms with Crippen molar-refractivity contribution in [2.75, 3.05) is 7.11 Å². The van der Waals surface area contributed by atoms with E-state index in [1.54, 1.807) is 25.1 Å². The molecule has 1 atom stereocenters. The number of benzene rings is 2. The van der Waals surface area contributed by atoms with Crippen LogP contribution < -0.4 is 9.47 Å². The minimum atomic E-state index is -0.730. The van der Waals surface area contributed by atoms with E-state index in [-0.39, 0.29) is 5.82 Å². The molecule has 2 aromatic carbocycles. The smallest absolute Gasteiger partial charge is 0.136 e. The van der Waals surface area contributed by atoms with Gasteiger partial charge in [0, 0.05) is 0 Å². The predicted molar refractivity (Wildman–Crippen MR) is 70.1 cm³/mol. The molecule has 0 fully saturated rings. The van der Waals surface area contributed by atoms with Gasteiger partial charge in [0.1, 0.15) is 23.1 Å². The predicted octanol–water partition coefficient (Wildman–Crippen LogP) is 3.68. The van der Waals surface area contributed by atoms with Crippen LogP contribution in [0.4, 0.5) is 4.39 Å². The second kappa shape index (κ2) is 5.71. The van der Waals surface area contributed by atoms with E-state index in [9.17, 15) is 9.50 Å². The van der Waals surface area contributed by atoms with Crippen molar-refractivity contribution in [2.24, 2.45) is 0 Å². The van der Waals surface area contributed by atoms with E-state index in [0.29, 0.717) is 22.8 Å². The minimum Gasteiger partial charge on any atom is -0.496 e. The zero-order valence-electron chi connectivity index (χ0n) is 10.8. The van der Waals surface area contributed by atoms with Crippen molar-refractivity contribution in [3.63, 3.8) is 0 Å². The summed E-state index contributed by atoms with van der Waals surface area (Å²) in [6.07, 6.45) is -0.730. The second-order valence-electron chi connectivity index (χ2n) is 4.10. The van der Waals surface area contributed by atoms with Crippen molar-refractivity contribution in [2.45, 2.75) is 13.0 Å². The van der Waals surface area contributed by atoms with Crippen molar-refractivity contribution in [1.82, 2.24) is 0 Å². The Morgan fingerprint density at radius 2 is 1.68 bits per heavy atom. The largest absolute Gasteiger partial charge is 0.496 e. The van der Waals surface area contributed by atoms with Crippen LogP contribution in [0.15, 0.2) is 42.5 Å². The summed E-state index contributed by atoms with van der Waals surface area (Å²) in [6.45, 7) is 1.63. The third kappa shape index (κ3) is 3.03. The Morgan fingerprint density at radius 1 is 1.05 bits per heavy atom. The van der Waals surface area contributed by atoms with Gasteiger partial charge in [-0.3, -0.25) is 0 Å². The summed E-state index contributed by atoms with van der Waals surface area (Å²) in [5, 5.41) is 9.82. The van der Waals surface area contributed by atoms with Crippen molar-refractivity contribution in [3.05, 3.63) is 53.8 Å². The molecule has 0 radical (unpaired) electrons. The molecule has 0 aliphatic rings. The van der Waals surface area contributed by atoms with E-state index < -0.39 is 6.10 Å². The number of hydrogen-bond donors (Lipinski definition) is 1. The van der Waals surface area contributed by atoms with E-state index in [1.165, 1.54) is 31.4 Å². The maximum atomic E-state index is 12.8. The molecule has 19 heavy (non-hydrogen) atoms. The van der Waals surface area contributed by atoms with E-state index in [2.05, 4.69) is 0 Å². The van der Waals surface area contributed by atoms with Gasteiger partial charge in [-0.1, -0.05) is 6.07 Å². The summed E-state index contributed by atoms with van der Waals surface area (Å²) in [7, 11) is 1.53. The van der Waals surface area contributed by atoms with Gasteiger partial charge in [0.25, 0.3) is 0 Å². The lowest BCUT2D eigenvalue weighted by Gasteiger charge is -2.16. The van der Waals surface area contributed by atoms with E-state index in [4.69, 9.17) is 9.47 Å². The monoisotopic (exact) mass is 262 g/mol. The van der Waals surface area contributed by atoms with Gasteiger partial charge in [0.2, 0.25) is 0 Å². The van der Waals surface area contributed by atoms with Crippen LogP contribution in [0.1, 0.15) is 18.6 Å². The van der Waals surface area contributed by atoms with Crippen LogP contribution in [0.2, 0.25) is 0 Å². The number of halogens is 1. The highest BCUT2D eigenvalue weighted by molar-refractivity contribution is 5.47. The zero-order chi connectivity index (χ0) is 13.8. The van der Waals surface area contributed by atoms with Gasteiger partial charge in [0.05, 0.1) is 18.8 Å². The molecular weight excluding hydrogens is 247 g/mol. The van der Waals surface area contributed by atoms with Crippen LogP contribution in [-0.2, 0) is 0 Å². The lowest BCUT2D eigenvalue weighted by molar-refractivity contribution is 0.190. The van der Waals surface area contributed by atoms with E-state index in [1.807, 2.05) is 0 Å². The average Bonchev–Trinajstić information content (AvgIpc) is 2.40. The van der Waals surface area contributed by atoms with E-state index >= 15 is 0 Å². The molecule has 2 rings (SSSR count). The van der Waals surface area contributed by atoms with Gasteiger partial charge in [-0.2, -0.15) is 0 Å². The first kappa shape index (κ1) is 13.4. The number of aliphatic hydroxyl groups is 1. The highest BCUT2D eigenvalue weighted by atomic mass is 19.1. The summed E-state index contributed by atoms with van der Waals surface area (Å²) in [4.78, 5) is 0. The van der Waals surface area contributed by atoms with Gasteiger partial charge in [-0.05, 0) is 43.3 Å². The molecule has 0 saturated heterocycles. The minimum absolute atomic E-state index is 0.325. The van der Waals surface area contributed by atoms with Crippen molar-refractivity contribution < 1.29 is 19.0 Å². The first-order chi connectivity index (χ1) is 9.11. The van der Waals surface area contributed by atoms with Crippen molar-refractivity contribution >= 4 is 0 Å². The SMILES string of the molecule is COc1cccc(Oc2ccc(F)cc2)c1C(C)O. The number of ether oxygens (including phenoxy) is 2. The standard InChI is InChI=1S/C15H15FO3/c1-10(17)15-13(18-2)4-3-5-14(15)19-12-8-6-11(16)7-9-12/h3-10,17H,1-2H3. The molecule has 1 N–H and O–H groups in total. The summed E-state index contributed by atoms with van der Waals surface area (Å²) >= 11 is 0. The Balaban J connectivity index is 2.36. The highest BCUT2D eigenvalue weighted by Gasteiger charge is 2.15. The third-order valence-corrected chi connectivity index (χ3v) is 2.71. The Hall–Kier alpha value is -2.07. The number of hydrogen-bond acceptors (Lipinski definition) is 3. The topological polar surface area (TPSA) is 38.7 Å². The van der Waals surface area contributed by atoms with Gasteiger partial charge < -0.3 is 14.6 Å². The molecule has 1 unspecified atom stereocenters. The summed E-state index contributed by atoms with van der Waals surface area (Å²) in [5.41, 5.74) is 0.564. The molecule has 0 heterocycles. The molecule has 0 bridgehead atoms. The normalized spacial score (nSPS) is 12.0. The maximum Gasteiger partial charge on any atom is 0.136 e. The molecule has 0 aliphatic heterocycles. The molecule has 4 heteroatoms. The summed E-state index contributed by atoms with van der Waals surface area (Å²) < 4.78 is 23.7. The van der Waals surface area contributed by atoms with Gasteiger partial charge >= 0.3 is 0 Å². The van der Waals surface area contributed by atoms with Crippen LogP contribution >= 0.6 is 0 Å². The molecule has 0 amide bonds. The van der Waals surface area contributed by atoms with Gasteiger partial charge in [-0.15, -0.1) is 0 Å². The maximum absolute atomic E-state index is 12.8. The van der Waals surface area contributed by atoms with E-state index in [0.717, 1.165) is 0 Å². The van der Waals surface area contributed by atoms with Crippen molar-refractivity contribution in [1.29, 1.82) is 0 Å². The number of aliphatic hydroxyl groups excluding tert-OH is 1. The lowest BCUT2D eigenvalue weighted by Crippen LogP contribution is -2.00. The molecular formula is C15H15FO3. The Labute approximate surface area is 111 Å². The first-order valence-electron chi connectivity index (χ1n) is 5.90. The quantitative estimate of drug-likeness (QED) is 0.913. The first-order valence-corrected chi connectivity index (χ1v) is 5.90. The lowest BCUT2D eigenvalue weighted by atomic mass is 10.1. The summed E-state index contributed by atoms with van der Waals surface area (Å²) in [5.74, 6) is 1.21. The fourth-order valence-corrected chi connectivity index (χ4v) is 1.83. The fraction of sp³-hybridized carbons (Fsp3) is 0.200. The second-order valence-corrected chi connectivity index (χ2v) is 4.10. The molecule has 0 saturated carbocycles. The zero-order valence-corrected chi connectivity index (χ0v) is 10.8. The molecule has 0 aromatic heterocycles. The van der Waals surface area contributed by atoms with Crippen LogP contribution in [0.25, 0.3) is 0 Å². The Kier molecular flexibility index (Phi) is 4.02. The highest BCUT2D eigenvalue weighted by Crippen LogP contribution is 2.36. The molecule has 2 aromatic rings. The van der Waals surface area contributed by atoms with Gasteiger partial charge in [-0.25, -0.2) is 4.39 Å². The number of methoxy groups -OCH3 is 1. The van der Waals surface area contributed by atoms with Crippen LogP contribution in [0.5, 0.6) is 17.2 Å². The van der Waals surface area contributed by atoms with Crippen molar-refractivity contribution in [3.8, 4) is 17.2 Å². The number of rotatable bonds is 4. The Bertz CT molecular complexity index is 550. The molecule has 3 nitrogen and oxygen atoms in total. The summed E-state index contributed by atoms with van der Waals surface area (Å²) in [6, 6.07) is 10.9. The third-order valence-electron chi connectivity index (χ3n) is 2.71. The molecule has 100 valence electrons. The van der Waals surface area contributed by atoms with Crippen LogP contribution in [0.3, 0.4) is 0 Å². The van der Waals surface area contributed by atoms with Crippen LogP contribution in [0, 0.1) is 5.82 Å². The van der Waals surface area contributed by atoms with Crippen LogP contribution in [-0.4, -0.2) is 12.2 Å². The fourth-order valence-electron chi connectivity index (χ4n) is 1.83. The van der Waals surface area contributed by atoms with Gasteiger partial charge in [0.15, 0.2) is 0 Å². The molecule has 0 aliphatic carbocycles. The Morgan fingerprint density at radius 3 is 2.26 bits per heavy atom. The molecule has 0 spiro atoms. The average molecular weight is 262 g/mol.